The highest BCUT2D eigenvalue weighted by atomic mass is 19.2. The van der Waals surface area contributed by atoms with E-state index in [0.29, 0.717) is 6.42 Å². The molecule has 0 heterocycles. The molecule has 0 aliphatic heterocycles. The van der Waals surface area contributed by atoms with E-state index in [1.54, 1.807) is 6.92 Å². The third-order valence-electron chi connectivity index (χ3n) is 1.83. The molecule has 0 aromatic heterocycles. The van der Waals surface area contributed by atoms with Gasteiger partial charge in [0, 0.05) is 6.04 Å². The van der Waals surface area contributed by atoms with Crippen LogP contribution >= 0.6 is 0 Å². The van der Waals surface area contributed by atoms with E-state index in [2.05, 4.69) is 0 Å². The molecule has 0 aromatic rings. The fourth-order valence-corrected chi connectivity index (χ4v) is 1.04. The lowest BCUT2D eigenvalue weighted by Gasteiger charge is -2.17. The second-order valence-electron chi connectivity index (χ2n) is 2.83. The summed E-state index contributed by atoms with van der Waals surface area (Å²) in [6.45, 7) is 1.78. The molecule has 0 amide bonds. The van der Waals surface area contributed by atoms with Crippen molar-refractivity contribution in [3.05, 3.63) is 23.8 Å². The van der Waals surface area contributed by atoms with Crippen LogP contribution in [-0.2, 0) is 0 Å². The Morgan fingerprint density at radius 3 is 2.64 bits per heavy atom. The zero-order valence-corrected chi connectivity index (χ0v) is 6.35. The Morgan fingerprint density at radius 2 is 2.18 bits per heavy atom. The average molecular weight is 159 g/mol. The van der Waals surface area contributed by atoms with Crippen molar-refractivity contribution in [2.24, 2.45) is 11.7 Å². The number of rotatable bonds is 1. The smallest absolute Gasteiger partial charge is 0.154 e. The van der Waals surface area contributed by atoms with E-state index in [9.17, 15) is 8.78 Å². The monoisotopic (exact) mass is 159 g/mol. The number of hydrogen-bond acceptors (Lipinski definition) is 1. The Bertz CT molecular complexity index is 206. The van der Waals surface area contributed by atoms with E-state index in [1.807, 2.05) is 0 Å². The van der Waals surface area contributed by atoms with Gasteiger partial charge in [-0.15, -0.1) is 0 Å². The summed E-state index contributed by atoms with van der Waals surface area (Å²) >= 11 is 0. The van der Waals surface area contributed by atoms with E-state index in [-0.39, 0.29) is 12.0 Å². The van der Waals surface area contributed by atoms with Crippen molar-refractivity contribution in [2.45, 2.75) is 19.4 Å². The fourth-order valence-electron chi connectivity index (χ4n) is 1.04. The van der Waals surface area contributed by atoms with Crippen molar-refractivity contribution in [1.29, 1.82) is 0 Å². The normalized spacial score (nSPS) is 27.5. The highest BCUT2D eigenvalue weighted by Gasteiger charge is 2.17. The molecule has 0 aromatic carbocycles. The molecule has 11 heavy (non-hydrogen) atoms. The van der Waals surface area contributed by atoms with Gasteiger partial charge in [0.15, 0.2) is 11.7 Å². The van der Waals surface area contributed by atoms with Crippen molar-refractivity contribution in [3.63, 3.8) is 0 Å². The molecule has 0 fully saturated rings. The van der Waals surface area contributed by atoms with Crippen LogP contribution in [0.2, 0.25) is 0 Å². The first kappa shape index (κ1) is 8.40. The number of allylic oxidation sites excluding steroid dienone is 3. The van der Waals surface area contributed by atoms with E-state index in [1.165, 1.54) is 12.2 Å². The first-order chi connectivity index (χ1) is 5.11. The van der Waals surface area contributed by atoms with Gasteiger partial charge in [-0.25, -0.2) is 8.78 Å². The second-order valence-corrected chi connectivity index (χ2v) is 2.83. The highest BCUT2D eigenvalue weighted by Crippen LogP contribution is 2.25. The van der Waals surface area contributed by atoms with Gasteiger partial charge in [-0.3, -0.25) is 0 Å². The summed E-state index contributed by atoms with van der Waals surface area (Å²) in [5.74, 6) is -1.60. The third-order valence-corrected chi connectivity index (χ3v) is 1.83. The summed E-state index contributed by atoms with van der Waals surface area (Å²) < 4.78 is 24.9. The molecule has 0 bridgehead atoms. The second kappa shape index (κ2) is 3.13. The Hall–Kier alpha value is -0.700. The largest absolute Gasteiger partial charge is 0.327 e. The molecule has 0 spiro atoms. The minimum Gasteiger partial charge on any atom is -0.327 e. The highest BCUT2D eigenvalue weighted by molar-refractivity contribution is 5.24. The maximum atomic E-state index is 12.5. The molecule has 0 saturated heterocycles. The lowest BCUT2D eigenvalue weighted by Crippen LogP contribution is -2.25. The molecule has 0 radical (unpaired) electrons. The molecule has 1 nitrogen and oxygen atoms in total. The molecular weight excluding hydrogens is 148 g/mol. The minimum absolute atomic E-state index is 0.0606. The van der Waals surface area contributed by atoms with Crippen LogP contribution in [0, 0.1) is 5.92 Å². The van der Waals surface area contributed by atoms with Crippen LogP contribution in [0.4, 0.5) is 8.78 Å². The van der Waals surface area contributed by atoms with Crippen LogP contribution in [0.15, 0.2) is 23.8 Å². The van der Waals surface area contributed by atoms with Gasteiger partial charge in [0.2, 0.25) is 0 Å². The summed E-state index contributed by atoms with van der Waals surface area (Å²) in [6.07, 6.45) is 2.99. The third kappa shape index (κ3) is 1.87. The molecule has 0 saturated carbocycles. The van der Waals surface area contributed by atoms with Gasteiger partial charge in [0.05, 0.1) is 0 Å². The van der Waals surface area contributed by atoms with Crippen LogP contribution < -0.4 is 5.73 Å². The Balaban J connectivity index is 2.69. The first-order valence-electron chi connectivity index (χ1n) is 3.60. The van der Waals surface area contributed by atoms with Crippen molar-refractivity contribution in [2.75, 3.05) is 0 Å². The van der Waals surface area contributed by atoms with Gasteiger partial charge >= 0.3 is 0 Å². The lowest BCUT2D eigenvalue weighted by atomic mass is 9.94. The van der Waals surface area contributed by atoms with Crippen molar-refractivity contribution >= 4 is 0 Å². The number of hydrogen-bond donors (Lipinski definition) is 1. The molecule has 1 aliphatic rings. The van der Waals surface area contributed by atoms with Gasteiger partial charge < -0.3 is 5.73 Å². The lowest BCUT2D eigenvalue weighted by molar-refractivity contribution is 0.469. The van der Waals surface area contributed by atoms with Gasteiger partial charge in [-0.1, -0.05) is 0 Å². The predicted octanol–water partition coefficient (Wildman–Crippen LogP) is 2.06. The first-order valence-corrected chi connectivity index (χ1v) is 3.60. The summed E-state index contributed by atoms with van der Waals surface area (Å²) in [6, 6.07) is -0.120. The van der Waals surface area contributed by atoms with E-state index in [4.69, 9.17) is 5.73 Å². The molecule has 62 valence electrons. The van der Waals surface area contributed by atoms with Gasteiger partial charge in [-0.2, -0.15) is 0 Å². The Morgan fingerprint density at radius 1 is 1.55 bits per heavy atom. The standard InChI is InChI=1S/C8H11F2N/c1-5(11)6-2-3-7(9)8(10)4-6/h3-6H,2,11H2,1H3. The van der Waals surface area contributed by atoms with E-state index in [0.717, 1.165) is 0 Å². The Kier molecular flexibility index (Phi) is 2.39. The summed E-state index contributed by atoms with van der Waals surface area (Å²) in [5, 5.41) is 0. The van der Waals surface area contributed by atoms with Crippen LogP contribution in [0.25, 0.3) is 0 Å². The summed E-state index contributed by atoms with van der Waals surface area (Å²) in [7, 11) is 0. The molecule has 1 aliphatic carbocycles. The topological polar surface area (TPSA) is 26.0 Å². The van der Waals surface area contributed by atoms with Gasteiger partial charge in [-0.05, 0) is 31.4 Å². The van der Waals surface area contributed by atoms with Crippen molar-refractivity contribution in [1.82, 2.24) is 0 Å². The van der Waals surface area contributed by atoms with E-state index >= 15 is 0 Å². The zero-order chi connectivity index (χ0) is 8.43. The van der Waals surface area contributed by atoms with Crippen molar-refractivity contribution in [3.8, 4) is 0 Å². The average Bonchev–Trinajstić information content (AvgIpc) is 1.94. The quantitative estimate of drug-likeness (QED) is 0.622. The van der Waals surface area contributed by atoms with Crippen LogP contribution in [0.3, 0.4) is 0 Å². The predicted molar refractivity (Wildman–Crippen MR) is 40.1 cm³/mol. The van der Waals surface area contributed by atoms with Crippen LogP contribution in [-0.4, -0.2) is 6.04 Å². The van der Waals surface area contributed by atoms with Gasteiger partial charge in [0.25, 0.3) is 0 Å². The summed E-state index contributed by atoms with van der Waals surface area (Å²) in [5.41, 5.74) is 5.51. The maximum absolute atomic E-state index is 12.5. The SMILES string of the molecule is CC(N)C1C=C(F)C(F)=CC1. The molecule has 1 rings (SSSR count). The maximum Gasteiger partial charge on any atom is 0.154 e. The minimum atomic E-state index is -0.779. The molecule has 3 heteroatoms. The van der Waals surface area contributed by atoms with Crippen LogP contribution in [0.5, 0.6) is 0 Å². The van der Waals surface area contributed by atoms with Crippen molar-refractivity contribution < 1.29 is 8.78 Å². The molecule has 2 N–H and O–H groups in total. The Labute approximate surface area is 64.6 Å². The number of nitrogens with two attached hydrogens (primary N) is 1. The van der Waals surface area contributed by atoms with Crippen LogP contribution in [0.1, 0.15) is 13.3 Å². The van der Waals surface area contributed by atoms with E-state index < -0.39 is 11.7 Å². The zero-order valence-electron chi connectivity index (χ0n) is 6.35. The summed E-state index contributed by atoms with van der Waals surface area (Å²) in [4.78, 5) is 0. The fraction of sp³-hybridized carbons (Fsp3) is 0.500. The molecular formula is C8H11F2N. The molecule has 2 atom stereocenters. The molecule has 2 unspecified atom stereocenters. The van der Waals surface area contributed by atoms with Gasteiger partial charge in [0.1, 0.15) is 0 Å². The number of halogens is 2.